The van der Waals surface area contributed by atoms with Crippen molar-refractivity contribution in [1.29, 1.82) is 0 Å². The number of halogens is 1. The van der Waals surface area contributed by atoms with Gasteiger partial charge >= 0.3 is 0 Å². The van der Waals surface area contributed by atoms with E-state index in [-0.39, 0.29) is 30.1 Å². The zero-order valence-corrected chi connectivity index (χ0v) is 20.5. The van der Waals surface area contributed by atoms with Crippen LogP contribution >= 0.6 is 35.3 Å². The van der Waals surface area contributed by atoms with Crippen molar-refractivity contribution in [2.45, 2.75) is 45.8 Å². The number of thiazole rings is 1. The van der Waals surface area contributed by atoms with E-state index in [0.29, 0.717) is 13.2 Å². The fourth-order valence-corrected chi connectivity index (χ4v) is 3.82. The van der Waals surface area contributed by atoms with Crippen molar-refractivity contribution in [2.75, 3.05) is 26.8 Å². The number of aryl methyl sites for hydroxylation is 2. The highest BCUT2D eigenvalue weighted by Gasteiger charge is 2.18. The van der Waals surface area contributed by atoms with E-state index in [1.165, 1.54) is 10.6 Å². The summed E-state index contributed by atoms with van der Waals surface area (Å²) in [6, 6.07) is 6.32. The van der Waals surface area contributed by atoms with Crippen LogP contribution in [0.3, 0.4) is 0 Å². The van der Waals surface area contributed by atoms with Crippen LogP contribution < -0.4 is 15.4 Å². The van der Waals surface area contributed by atoms with Gasteiger partial charge in [0.2, 0.25) is 0 Å². The zero-order chi connectivity index (χ0) is 19.8. The van der Waals surface area contributed by atoms with E-state index in [9.17, 15) is 0 Å². The van der Waals surface area contributed by atoms with Gasteiger partial charge in [-0.1, -0.05) is 19.1 Å². The molecule has 2 heterocycles. The molecular weight excluding hydrogens is 499 g/mol. The SMILES string of the molecule is CCc1nc(CCNC(=NC)NCc2ccc(C)cc2OC2CCOC2)cs1.I. The molecule has 0 aliphatic carbocycles. The number of rotatable bonds is 8. The highest BCUT2D eigenvalue weighted by molar-refractivity contribution is 14.0. The smallest absolute Gasteiger partial charge is 0.191 e. The molecule has 1 saturated heterocycles. The van der Waals surface area contributed by atoms with Crippen LogP contribution in [0.5, 0.6) is 5.75 Å². The molecule has 2 aromatic rings. The Morgan fingerprint density at radius 2 is 2.24 bits per heavy atom. The van der Waals surface area contributed by atoms with Crippen molar-refractivity contribution in [1.82, 2.24) is 15.6 Å². The quantitative estimate of drug-likeness (QED) is 0.310. The summed E-state index contributed by atoms with van der Waals surface area (Å²) >= 11 is 1.73. The van der Waals surface area contributed by atoms with Crippen molar-refractivity contribution in [2.24, 2.45) is 4.99 Å². The minimum atomic E-state index is 0. The second kappa shape index (κ2) is 12.3. The van der Waals surface area contributed by atoms with Gasteiger partial charge in [-0.25, -0.2) is 4.98 Å². The normalized spacial score (nSPS) is 16.4. The lowest BCUT2D eigenvalue weighted by Gasteiger charge is -2.18. The van der Waals surface area contributed by atoms with Crippen LogP contribution in [-0.2, 0) is 24.1 Å². The number of aliphatic imine (C=N–C) groups is 1. The molecule has 2 N–H and O–H groups in total. The molecule has 1 aromatic heterocycles. The number of ether oxygens (including phenoxy) is 2. The lowest BCUT2D eigenvalue weighted by molar-refractivity contribution is 0.140. The average molecular weight is 530 g/mol. The van der Waals surface area contributed by atoms with Gasteiger partial charge in [-0.05, 0) is 25.0 Å². The van der Waals surface area contributed by atoms with E-state index < -0.39 is 0 Å². The first kappa shape index (κ1) is 23.9. The Morgan fingerprint density at radius 3 is 2.93 bits per heavy atom. The van der Waals surface area contributed by atoms with Crippen LogP contribution in [0.1, 0.15) is 35.2 Å². The molecule has 1 aliphatic heterocycles. The third-order valence-electron chi connectivity index (χ3n) is 4.65. The first-order valence-electron chi connectivity index (χ1n) is 9.89. The molecule has 1 aliphatic rings. The standard InChI is InChI=1S/C21H30N4O2S.HI/c1-4-20-25-17(14-28-20)7-9-23-21(22-3)24-12-16-6-5-15(2)11-19(16)27-18-8-10-26-13-18;/h5-6,11,14,18H,4,7-10,12-13H2,1-3H3,(H2,22,23,24);1H. The molecule has 3 rings (SSSR count). The van der Waals surface area contributed by atoms with Crippen LogP contribution in [0.4, 0.5) is 0 Å². The Morgan fingerprint density at radius 1 is 1.38 bits per heavy atom. The van der Waals surface area contributed by atoms with Crippen molar-refractivity contribution < 1.29 is 9.47 Å². The summed E-state index contributed by atoms with van der Waals surface area (Å²) in [5.74, 6) is 1.70. The number of guanidine groups is 1. The number of benzene rings is 1. The third-order valence-corrected chi connectivity index (χ3v) is 5.69. The zero-order valence-electron chi connectivity index (χ0n) is 17.4. The summed E-state index contributed by atoms with van der Waals surface area (Å²) in [6.07, 6.45) is 2.97. The van der Waals surface area contributed by atoms with E-state index in [0.717, 1.165) is 55.4 Å². The summed E-state index contributed by atoms with van der Waals surface area (Å²) in [5.41, 5.74) is 3.44. The van der Waals surface area contributed by atoms with Gasteiger partial charge in [-0.2, -0.15) is 0 Å². The summed E-state index contributed by atoms with van der Waals surface area (Å²) in [6.45, 7) is 7.11. The monoisotopic (exact) mass is 530 g/mol. The van der Waals surface area contributed by atoms with Crippen molar-refractivity contribution in [3.63, 3.8) is 0 Å². The molecule has 0 bridgehead atoms. The number of nitrogens with one attached hydrogen (secondary N) is 2. The molecule has 29 heavy (non-hydrogen) atoms. The summed E-state index contributed by atoms with van der Waals surface area (Å²) in [5, 5.41) is 10.1. The molecule has 1 atom stereocenters. The Bertz CT molecular complexity index is 791. The van der Waals surface area contributed by atoms with Crippen LogP contribution in [0.25, 0.3) is 0 Å². The third kappa shape index (κ3) is 7.42. The lowest BCUT2D eigenvalue weighted by Crippen LogP contribution is -2.38. The Balaban J connectivity index is 0.00000300. The van der Waals surface area contributed by atoms with Gasteiger partial charge in [-0.15, -0.1) is 35.3 Å². The maximum absolute atomic E-state index is 6.17. The largest absolute Gasteiger partial charge is 0.488 e. The molecule has 0 saturated carbocycles. The van der Waals surface area contributed by atoms with Gasteiger partial charge < -0.3 is 20.1 Å². The van der Waals surface area contributed by atoms with Crippen LogP contribution in [0, 0.1) is 6.92 Å². The summed E-state index contributed by atoms with van der Waals surface area (Å²) in [7, 11) is 1.79. The molecule has 0 radical (unpaired) electrons. The first-order chi connectivity index (χ1) is 13.7. The number of hydrogen-bond acceptors (Lipinski definition) is 5. The Kier molecular flexibility index (Phi) is 10.2. The lowest BCUT2D eigenvalue weighted by atomic mass is 10.1. The van der Waals surface area contributed by atoms with E-state index in [2.05, 4.69) is 58.0 Å². The second-order valence-electron chi connectivity index (χ2n) is 6.90. The fraction of sp³-hybridized carbons (Fsp3) is 0.524. The molecule has 1 unspecified atom stereocenters. The summed E-state index contributed by atoms with van der Waals surface area (Å²) < 4.78 is 11.6. The van der Waals surface area contributed by atoms with Gasteiger partial charge in [0.15, 0.2) is 5.96 Å². The number of aromatic nitrogens is 1. The highest BCUT2D eigenvalue weighted by atomic mass is 127. The minimum absolute atomic E-state index is 0. The maximum atomic E-state index is 6.17. The topological polar surface area (TPSA) is 67.8 Å². The predicted octanol–water partition coefficient (Wildman–Crippen LogP) is 3.71. The molecule has 6 nitrogen and oxygen atoms in total. The van der Waals surface area contributed by atoms with Crippen molar-refractivity contribution in [3.8, 4) is 5.75 Å². The molecule has 8 heteroatoms. The number of hydrogen-bond donors (Lipinski definition) is 2. The van der Waals surface area contributed by atoms with E-state index in [4.69, 9.17) is 9.47 Å². The summed E-state index contributed by atoms with van der Waals surface area (Å²) in [4.78, 5) is 8.93. The molecule has 1 fully saturated rings. The molecule has 1 aromatic carbocycles. The first-order valence-corrected chi connectivity index (χ1v) is 10.8. The molecule has 0 amide bonds. The van der Waals surface area contributed by atoms with Crippen LogP contribution in [0.15, 0.2) is 28.6 Å². The van der Waals surface area contributed by atoms with Crippen LogP contribution in [0.2, 0.25) is 0 Å². The van der Waals surface area contributed by atoms with E-state index in [1.54, 1.807) is 18.4 Å². The predicted molar refractivity (Wildman–Crippen MR) is 130 cm³/mol. The molecule has 160 valence electrons. The van der Waals surface area contributed by atoms with Gasteiger partial charge in [0, 0.05) is 43.9 Å². The molecular formula is C21H31IN4O2S. The van der Waals surface area contributed by atoms with Crippen LogP contribution in [-0.4, -0.2) is 43.9 Å². The fourth-order valence-electron chi connectivity index (χ4n) is 3.04. The number of nitrogens with zero attached hydrogens (tertiary/aromatic N) is 2. The van der Waals surface area contributed by atoms with Gasteiger partial charge in [0.25, 0.3) is 0 Å². The highest BCUT2D eigenvalue weighted by Crippen LogP contribution is 2.23. The van der Waals surface area contributed by atoms with Gasteiger partial charge in [0.1, 0.15) is 11.9 Å². The Labute approximate surface area is 194 Å². The van der Waals surface area contributed by atoms with Gasteiger partial charge in [-0.3, -0.25) is 4.99 Å². The Hall–Kier alpha value is -1.39. The average Bonchev–Trinajstić information content (AvgIpc) is 3.37. The van der Waals surface area contributed by atoms with E-state index in [1.807, 2.05) is 0 Å². The second-order valence-corrected chi connectivity index (χ2v) is 7.85. The molecule has 0 spiro atoms. The minimum Gasteiger partial charge on any atom is -0.488 e. The van der Waals surface area contributed by atoms with Crippen molar-refractivity contribution >= 4 is 41.3 Å². The van der Waals surface area contributed by atoms with Crippen molar-refractivity contribution in [3.05, 3.63) is 45.4 Å². The van der Waals surface area contributed by atoms with Gasteiger partial charge in [0.05, 0.1) is 23.9 Å². The maximum Gasteiger partial charge on any atom is 0.191 e. The van der Waals surface area contributed by atoms with E-state index >= 15 is 0 Å².